The maximum atomic E-state index is 12.3. The van der Waals surface area contributed by atoms with Crippen LogP contribution in [-0.4, -0.2) is 68.7 Å². The number of aromatic nitrogens is 2. The van der Waals surface area contributed by atoms with E-state index in [9.17, 15) is 14.4 Å². The summed E-state index contributed by atoms with van der Waals surface area (Å²) in [6.07, 6.45) is 1.57. The highest BCUT2D eigenvalue weighted by atomic mass is 16.7. The Balaban J connectivity index is 1.31. The van der Waals surface area contributed by atoms with E-state index in [1.165, 1.54) is 4.90 Å². The van der Waals surface area contributed by atoms with Crippen molar-refractivity contribution >= 4 is 17.9 Å². The van der Waals surface area contributed by atoms with Crippen LogP contribution >= 0.6 is 0 Å². The molecule has 2 aliphatic heterocycles. The normalized spacial score (nSPS) is 17.8. The van der Waals surface area contributed by atoms with Crippen molar-refractivity contribution in [2.45, 2.75) is 26.3 Å². The molecule has 3 heterocycles. The number of carbonyl (C=O) groups is 3. The summed E-state index contributed by atoms with van der Waals surface area (Å²) in [5, 5.41) is 5.19. The molecule has 2 aliphatic rings. The lowest BCUT2D eigenvalue weighted by molar-refractivity contribution is -0.174. The smallest absolute Gasteiger partial charge is 0.311 e. The average molecular weight is 397 g/mol. The molecule has 0 bridgehead atoms. The number of aryl methyl sites for hydroxylation is 1. The van der Waals surface area contributed by atoms with Crippen molar-refractivity contribution in [1.29, 1.82) is 0 Å². The second-order valence-corrected chi connectivity index (χ2v) is 7.22. The van der Waals surface area contributed by atoms with Gasteiger partial charge in [-0.3, -0.25) is 14.5 Å². The van der Waals surface area contributed by atoms with Crippen LogP contribution in [0.2, 0.25) is 0 Å². The molecule has 0 aliphatic carbocycles. The van der Waals surface area contributed by atoms with E-state index in [0.29, 0.717) is 31.2 Å². The SMILES string of the molecule is Cc1nn(-c2ccccc2)cc1CN1CCN(C(=O)ON2C(=O)CCC2=O)CC1. The van der Waals surface area contributed by atoms with Gasteiger partial charge in [0.2, 0.25) is 0 Å². The van der Waals surface area contributed by atoms with Gasteiger partial charge in [0, 0.05) is 57.3 Å². The number of hydroxylamine groups is 2. The van der Waals surface area contributed by atoms with Crippen LogP contribution in [0, 0.1) is 6.92 Å². The molecule has 0 radical (unpaired) electrons. The molecule has 1 aromatic carbocycles. The van der Waals surface area contributed by atoms with Gasteiger partial charge in [-0.25, -0.2) is 9.48 Å². The summed E-state index contributed by atoms with van der Waals surface area (Å²) in [7, 11) is 0. The lowest BCUT2D eigenvalue weighted by Crippen LogP contribution is -2.50. The van der Waals surface area contributed by atoms with Gasteiger partial charge in [0.05, 0.1) is 11.4 Å². The standard InChI is InChI=1S/C20H23N5O4/c1-15-16(14-24(21-15)17-5-3-2-4-6-17)13-22-9-11-23(12-10-22)20(28)29-25-18(26)7-8-19(25)27/h2-6,14H,7-13H2,1H3. The topological polar surface area (TPSA) is 88.0 Å². The van der Waals surface area contributed by atoms with Crippen LogP contribution in [0.15, 0.2) is 36.5 Å². The number of hydrogen-bond acceptors (Lipinski definition) is 6. The molecule has 1 aromatic heterocycles. The monoisotopic (exact) mass is 397 g/mol. The molecular formula is C20H23N5O4. The molecule has 9 heteroatoms. The fourth-order valence-corrected chi connectivity index (χ4v) is 3.49. The van der Waals surface area contributed by atoms with Crippen LogP contribution in [0.5, 0.6) is 0 Å². The maximum absolute atomic E-state index is 12.3. The molecule has 2 aromatic rings. The number of carbonyl (C=O) groups excluding carboxylic acids is 3. The van der Waals surface area contributed by atoms with Crippen LogP contribution in [0.4, 0.5) is 4.79 Å². The third kappa shape index (κ3) is 4.14. The van der Waals surface area contributed by atoms with Gasteiger partial charge in [0.1, 0.15) is 0 Å². The summed E-state index contributed by atoms with van der Waals surface area (Å²) < 4.78 is 1.88. The summed E-state index contributed by atoms with van der Waals surface area (Å²) in [6.45, 7) is 5.03. The third-order valence-corrected chi connectivity index (χ3v) is 5.22. The Labute approximate surface area is 168 Å². The zero-order valence-electron chi connectivity index (χ0n) is 16.3. The minimum Gasteiger partial charge on any atom is -0.311 e. The van der Waals surface area contributed by atoms with Crippen molar-refractivity contribution in [2.24, 2.45) is 0 Å². The molecule has 0 saturated carbocycles. The summed E-state index contributed by atoms with van der Waals surface area (Å²) in [6, 6.07) is 9.95. The van der Waals surface area contributed by atoms with Crippen molar-refractivity contribution in [2.75, 3.05) is 26.2 Å². The molecule has 0 atom stereocenters. The number of piperazine rings is 1. The van der Waals surface area contributed by atoms with E-state index in [-0.39, 0.29) is 12.8 Å². The molecule has 0 N–H and O–H groups in total. The first-order chi connectivity index (χ1) is 14.0. The second-order valence-electron chi connectivity index (χ2n) is 7.22. The number of para-hydroxylation sites is 1. The van der Waals surface area contributed by atoms with Crippen LogP contribution in [0.25, 0.3) is 5.69 Å². The Bertz CT molecular complexity index is 902. The molecule has 152 valence electrons. The van der Waals surface area contributed by atoms with Gasteiger partial charge in [-0.05, 0) is 19.1 Å². The van der Waals surface area contributed by atoms with Crippen LogP contribution in [-0.2, 0) is 21.0 Å². The maximum Gasteiger partial charge on any atom is 0.434 e. The number of nitrogens with zero attached hydrogens (tertiary/aromatic N) is 5. The van der Waals surface area contributed by atoms with E-state index in [1.807, 2.05) is 48.1 Å². The van der Waals surface area contributed by atoms with Crippen molar-refractivity contribution in [3.05, 3.63) is 47.8 Å². The predicted molar refractivity (Wildman–Crippen MR) is 103 cm³/mol. The Morgan fingerprint density at radius 3 is 2.34 bits per heavy atom. The Morgan fingerprint density at radius 1 is 1.03 bits per heavy atom. The molecule has 9 nitrogen and oxygen atoms in total. The lowest BCUT2D eigenvalue weighted by atomic mass is 10.2. The van der Waals surface area contributed by atoms with Gasteiger partial charge in [0.25, 0.3) is 11.8 Å². The van der Waals surface area contributed by atoms with E-state index in [0.717, 1.165) is 23.5 Å². The lowest BCUT2D eigenvalue weighted by Gasteiger charge is -2.34. The van der Waals surface area contributed by atoms with Gasteiger partial charge < -0.3 is 9.74 Å². The first-order valence-electron chi connectivity index (χ1n) is 9.67. The molecule has 3 amide bonds. The minimum absolute atomic E-state index is 0.0932. The quantitative estimate of drug-likeness (QED) is 0.727. The summed E-state index contributed by atoms with van der Waals surface area (Å²) in [4.78, 5) is 44.2. The van der Waals surface area contributed by atoms with Crippen molar-refractivity contribution in [3.63, 3.8) is 0 Å². The van der Waals surface area contributed by atoms with Gasteiger partial charge in [0.15, 0.2) is 0 Å². The first kappa shape index (κ1) is 19.1. The predicted octanol–water partition coefficient (Wildman–Crippen LogP) is 1.50. The number of hydrogen-bond donors (Lipinski definition) is 0. The largest absolute Gasteiger partial charge is 0.434 e. The van der Waals surface area contributed by atoms with E-state index >= 15 is 0 Å². The van der Waals surface area contributed by atoms with E-state index in [2.05, 4.69) is 10.00 Å². The van der Waals surface area contributed by atoms with Gasteiger partial charge in [-0.15, -0.1) is 5.06 Å². The van der Waals surface area contributed by atoms with Gasteiger partial charge in [-0.2, -0.15) is 5.10 Å². The number of rotatable bonds is 4. The van der Waals surface area contributed by atoms with Crippen LogP contribution in [0.1, 0.15) is 24.1 Å². The van der Waals surface area contributed by atoms with E-state index in [4.69, 9.17) is 4.84 Å². The highest BCUT2D eigenvalue weighted by Crippen LogP contribution is 2.17. The third-order valence-electron chi connectivity index (χ3n) is 5.22. The van der Waals surface area contributed by atoms with Gasteiger partial charge in [-0.1, -0.05) is 18.2 Å². The summed E-state index contributed by atoms with van der Waals surface area (Å²) in [5.41, 5.74) is 3.13. The van der Waals surface area contributed by atoms with Gasteiger partial charge >= 0.3 is 6.09 Å². The Morgan fingerprint density at radius 2 is 1.69 bits per heavy atom. The van der Waals surface area contributed by atoms with Crippen molar-refractivity contribution in [3.8, 4) is 5.69 Å². The highest BCUT2D eigenvalue weighted by Gasteiger charge is 2.34. The molecule has 29 heavy (non-hydrogen) atoms. The molecule has 0 unspecified atom stereocenters. The summed E-state index contributed by atoms with van der Waals surface area (Å²) in [5.74, 6) is -0.930. The fourth-order valence-electron chi connectivity index (χ4n) is 3.49. The molecule has 0 spiro atoms. The molecule has 2 saturated heterocycles. The fraction of sp³-hybridized carbons (Fsp3) is 0.400. The molecular weight excluding hydrogens is 374 g/mol. The zero-order chi connectivity index (χ0) is 20.4. The second kappa shape index (κ2) is 8.04. The van der Waals surface area contributed by atoms with Crippen molar-refractivity contribution < 1.29 is 19.2 Å². The minimum atomic E-state index is -0.652. The van der Waals surface area contributed by atoms with Crippen molar-refractivity contribution in [1.82, 2.24) is 24.6 Å². The zero-order valence-corrected chi connectivity index (χ0v) is 16.3. The molecule has 2 fully saturated rings. The number of imide groups is 1. The highest BCUT2D eigenvalue weighted by molar-refractivity contribution is 6.01. The molecule has 4 rings (SSSR count). The number of amides is 3. The van der Waals surface area contributed by atoms with Crippen LogP contribution < -0.4 is 0 Å². The Kier molecular flexibility index (Phi) is 5.30. The number of benzene rings is 1. The van der Waals surface area contributed by atoms with E-state index < -0.39 is 17.9 Å². The van der Waals surface area contributed by atoms with E-state index in [1.54, 1.807) is 0 Å². The summed E-state index contributed by atoms with van der Waals surface area (Å²) >= 11 is 0. The van der Waals surface area contributed by atoms with Crippen LogP contribution in [0.3, 0.4) is 0 Å². The average Bonchev–Trinajstić information content (AvgIpc) is 3.26. The Hall–Kier alpha value is -3.20. The first-order valence-corrected chi connectivity index (χ1v) is 9.67.